The summed E-state index contributed by atoms with van der Waals surface area (Å²) in [6.07, 6.45) is 3.99. The standard InChI is InChI=1S/C21H25ClO4/c1-4-5-17-6-9-20(21(15-17)23-3)26-13-11-24-10-12-25-18-7-8-19(22)16(2)14-18/h4-9,14-15H,10-13H2,1-3H3/b5-4+. The molecule has 0 saturated carbocycles. The van der Waals surface area contributed by atoms with E-state index in [9.17, 15) is 0 Å². The molecule has 0 bridgehead atoms. The van der Waals surface area contributed by atoms with Crippen LogP contribution in [0.5, 0.6) is 17.2 Å². The van der Waals surface area contributed by atoms with Gasteiger partial charge in [-0.1, -0.05) is 29.8 Å². The summed E-state index contributed by atoms with van der Waals surface area (Å²) in [6.45, 7) is 5.81. The van der Waals surface area contributed by atoms with Crippen molar-refractivity contribution in [2.45, 2.75) is 13.8 Å². The minimum atomic E-state index is 0.444. The topological polar surface area (TPSA) is 36.9 Å². The number of hydrogen-bond donors (Lipinski definition) is 0. The van der Waals surface area contributed by atoms with Crippen molar-refractivity contribution in [3.63, 3.8) is 0 Å². The lowest BCUT2D eigenvalue weighted by Crippen LogP contribution is -2.12. The van der Waals surface area contributed by atoms with Crippen LogP contribution < -0.4 is 14.2 Å². The van der Waals surface area contributed by atoms with Crippen LogP contribution in [0.3, 0.4) is 0 Å². The van der Waals surface area contributed by atoms with E-state index in [1.165, 1.54) is 0 Å². The Labute approximate surface area is 160 Å². The predicted molar refractivity (Wildman–Crippen MR) is 106 cm³/mol. The third kappa shape index (κ3) is 6.28. The van der Waals surface area contributed by atoms with Gasteiger partial charge in [-0.2, -0.15) is 0 Å². The molecular weight excluding hydrogens is 352 g/mol. The molecule has 2 rings (SSSR count). The molecule has 4 nitrogen and oxygen atoms in total. The lowest BCUT2D eigenvalue weighted by atomic mass is 10.2. The Morgan fingerprint density at radius 3 is 2.38 bits per heavy atom. The van der Waals surface area contributed by atoms with Crippen molar-refractivity contribution < 1.29 is 18.9 Å². The molecule has 0 saturated heterocycles. The first-order valence-electron chi connectivity index (χ1n) is 8.54. The fourth-order valence-electron chi connectivity index (χ4n) is 2.34. The minimum Gasteiger partial charge on any atom is -0.493 e. The molecule has 2 aromatic carbocycles. The molecule has 0 aromatic heterocycles. The van der Waals surface area contributed by atoms with E-state index in [4.69, 9.17) is 30.5 Å². The summed E-state index contributed by atoms with van der Waals surface area (Å²) in [7, 11) is 1.63. The second-order valence-electron chi connectivity index (χ2n) is 5.63. The van der Waals surface area contributed by atoms with E-state index in [1.54, 1.807) is 7.11 Å². The Kier molecular flexibility index (Phi) is 8.32. The van der Waals surface area contributed by atoms with E-state index < -0.39 is 0 Å². The maximum atomic E-state index is 5.99. The number of rotatable bonds is 10. The van der Waals surface area contributed by atoms with E-state index in [-0.39, 0.29) is 0 Å². The van der Waals surface area contributed by atoms with Gasteiger partial charge in [-0.3, -0.25) is 0 Å². The molecule has 0 aliphatic rings. The number of benzene rings is 2. The van der Waals surface area contributed by atoms with E-state index in [2.05, 4.69) is 0 Å². The van der Waals surface area contributed by atoms with Crippen molar-refractivity contribution in [1.29, 1.82) is 0 Å². The summed E-state index contributed by atoms with van der Waals surface area (Å²) in [5, 5.41) is 0.736. The Morgan fingerprint density at radius 2 is 1.69 bits per heavy atom. The van der Waals surface area contributed by atoms with Gasteiger partial charge < -0.3 is 18.9 Å². The second-order valence-corrected chi connectivity index (χ2v) is 6.04. The number of methoxy groups -OCH3 is 1. The largest absolute Gasteiger partial charge is 0.493 e. The lowest BCUT2D eigenvalue weighted by molar-refractivity contribution is 0.0757. The molecule has 0 N–H and O–H groups in total. The third-order valence-corrected chi connectivity index (χ3v) is 4.08. The van der Waals surface area contributed by atoms with Crippen LogP contribution >= 0.6 is 11.6 Å². The van der Waals surface area contributed by atoms with Gasteiger partial charge in [0.05, 0.1) is 20.3 Å². The van der Waals surface area contributed by atoms with Gasteiger partial charge in [0.15, 0.2) is 11.5 Å². The zero-order chi connectivity index (χ0) is 18.8. The molecule has 0 fully saturated rings. The summed E-state index contributed by atoms with van der Waals surface area (Å²) in [5.74, 6) is 2.21. The first-order valence-corrected chi connectivity index (χ1v) is 8.92. The molecule has 2 aromatic rings. The van der Waals surface area contributed by atoms with Gasteiger partial charge in [0.1, 0.15) is 19.0 Å². The summed E-state index contributed by atoms with van der Waals surface area (Å²) < 4.78 is 22.3. The Bertz CT molecular complexity index is 728. The minimum absolute atomic E-state index is 0.444. The molecule has 0 atom stereocenters. The number of aryl methyl sites for hydroxylation is 1. The maximum absolute atomic E-state index is 5.99. The maximum Gasteiger partial charge on any atom is 0.161 e. The van der Waals surface area contributed by atoms with Gasteiger partial charge >= 0.3 is 0 Å². The van der Waals surface area contributed by atoms with Gasteiger partial charge in [-0.25, -0.2) is 0 Å². The number of halogens is 1. The predicted octanol–water partition coefficient (Wildman–Crippen LogP) is 5.16. The van der Waals surface area contributed by atoms with Crippen molar-refractivity contribution in [3.05, 3.63) is 58.6 Å². The molecule has 0 amide bonds. The van der Waals surface area contributed by atoms with Crippen LogP contribution in [-0.4, -0.2) is 33.5 Å². The highest BCUT2D eigenvalue weighted by atomic mass is 35.5. The quantitative estimate of drug-likeness (QED) is 0.536. The van der Waals surface area contributed by atoms with Crippen LogP contribution in [0.15, 0.2) is 42.5 Å². The van der Waals surface area contributed by atoms with E-state index in [0.717, 1.165) is 21.9 Å². The van der Waals surface area contributed by atoms with Gasteiger partial charge in [-0.15, -0.1) is 0 Å². The fraction of sp³-hybridized carbons (Fsp3) is 0.333. The van der Waals surface area contributed by atoms with Crippen LogP contribution in [0.4, 0.5) is 0 Å². The van der Waals surface area contributed by atoms with Crippen LogP contribution in [-0.2, 0) is 4.74 Å². The zero-order valence-corrected chi connectivity index (χ0v) is 16.2. The van der Waals surface area contributed by atoms with Crippen molar-refractivity contribution in [2.24, 2.45) is 0 Å². The van der Waals surface area contributed by atoms with Crippen molar-refractivity contribution >= 4 is 17.7 Å². The third-order valence-electron chi connectivity index (χ3n) is 3.66. The molecule has 140 valence electrons. The molecule has 0 aliphatic carbocycles. The van der Waals surface area contributed by atoms with Gasteiger partial charge in [0.25, 0.3) is 0 Å². The number of allylic oxidation sites excluding steroid dienone is 1. The zero-order valence-electron chi connectivity index (χ0n) is 15.5. The summed E-state index contributed by atoms with van der Waals surface area (Å²) in [5.41, 5.74) is 2.07. The van der Waals surface area contributed by atoms with Crippen LogP contribution in [0.25, 0.3) is 6.08 Å². The van der Waals surface area contributed by atoms with E-state index in [1.807, 2.05) is 62.4 Å². The van der Waals surface area contributed by atoms with Gasteiger partial charge in [0, 0.05) is 5.02 Å². The van der Waals surface area contributed by atoms with Crippen molar-refractivity contribution in [3.8, 4) is 17.2 Å². The average molecular weight is 377 g/mol. The van der Waals surface area contributed by atoms with Crippen molar-refractivity contribution in [2.75, 3.05) is 33.5 Å². The van der Waals surface area contributed by atoms with Crippen molar-refractivity contribution in [1.82, 2.24) is 0 Å². The highest BCUT2D eigenvalue weighted by Gasteiger charge is 2.05. The van der Waals surface area contributed by atoms with E-state index >= 15 is 0 Å². The fourth-order valence-corrected chi connectivity index (χ4v) is 2.46. The molecule has 0 heterocycles. The summed E-state index contributed by atoms with van der Waals surface area (Å²) >= 11 is 5.99. The Morgan fingerprint density at radius 1 is 0.923 bits per heavy atom. The molecule has 5 heteroatoms. The van der Waals surface area contributed by atoms with Gasteiger partial charge in [-0.05, 0) is 55.3 Å². The number of ether oxygens (including phenoxy) is 4. The van der Waals surface area contributed by atoms with Crippen LogP contribution in [0, 0.1) is 6.92 Å². The normalized spacial score (nSPS) is 10.9. The summed E-state index contributed by atoms with van der Waals surface area (Å²) in [4.78, 5) is 0. The Balaban J connectivity index is 1.66. The second kappa shape index (κ2) is 10.7. The monoisotopic (exact) mass is 376 g/mol. The highest BCUT2D eigenvalue weighted by molar-refractivity contribution is 6.31. The molecule has 0 spiro atoms. The van der Waals surface area contributed by atoms with E-state index in [0.29, 0.717) is 37.9 Å². The lowest BCUT2D eigenvalue weighted by Gasteiger charge is -2.12. The van der Waals surface area contributed by atoms with Crippen LogP contribution in [0.1, 0.15) is 18.1 Å². The summed E-state index contributed by atoms with van der Waals surface area (Å²) in [6, 6.07) is 11.4. The molecule has 0 radical (unpaired) electrons. The number of hydrogen-bond acceptors (Lipinski definition) is 4. The first kappa shape index (κ1) is 20.1. The average Bonchev–Trinajstić information content (AvgIpc) is 2.64. The molecular formula is C21H25ClO4. The SMILES string of the molecule is C/C=C/c1ccc(OCCOCCOc2ccc(Cl)c(C)c2)c(OC)c1. The Hall–Kier alpha value is -2.17. The smallest absolute Gasteiger partial charge is 0.161 e. The highest BCUT2D eigenvalue weighted by Crippen LogP contribution is 2.28. The van der Waals surface area contributed by atoms with Crippen LogP contribution in [0.2, 0.25) is 5.02 Å². The first-order chi connectivity index (χ1) is 12.6. The molecule has 26 heavy (non-hydrogen) atoms. The molecule has 0 aliphatic heterocycles. The van der Waals surface area contributed by atoms with Gasteiger partial charge in [0.2, 0.25) is 0 Å². The molecule has 0 unspecified atom stereocenters.